The number of hydrogen-bond acceptors (Lipinski definition) is 7. The van der Waals surface area contributed by atoms with E-state index in [1.165, 1.54) is 12.1 Å². The topological polar surface area (TPSA) is 82.2 Å². The molecule has 0 bridgehead atoms. The normalized spacial score (nSPS) is 14.1. The van der Waals surface area contributed by atoms with Crippen LogP contribution in [0, 0.1) is 5.82 Å². The fourth-order valence-corrected chi connectivity index (χ4v) is 3.71. The molecule has 0 aliphatic carbocycles. The van der Waals surface area contributed by atoms with Crippen LogP contribution in [0.1, 0.15) is 0 Å². The van der Waals surface area contributed by atoms with E-state index in [-0.39, 0.29) is 5.82 Å². The van der Waals surface area contributed by atoms with E-state index in [9.17, 15) is 4.39 Å². The van der Waals surface area contributed by atoms with Crippen LogP contribution in [-0.4, -0.2) is 53.5 Å². The summed E-state index contributed by atoms with van der Waals surface area (Å²) in [7, 11) is 1.64. The van der Waals surface area contributed by atoms with Crippen molar-refractivity contribution >= 4 is 34.2 Å². The summed E-state index contributed by atoms with van der Waals surface area (Å²) in [6.07, 6.45) is 1.72. The third kappa shape index (κ3) is 3.94. The molecule has 0 spiro atoms. The zero-order valence-corrected chi connectivity index (χ0v) is 17.0. The molecule has 9 heteroatoms. The summed E-state index contributed by atoms with van der Waals surface area (Å²) in [4.78, 5) is 13.8. The molecule has 158 valence electrons. The number of halogens is 1. The van der Waals surface area contributed by atoms with Crippen molar-refractivity contribution in [3.05, 3.63) is 60.5 Å². The van der Waals surface area contributed by atoms with Crippen LogP contribution in [0.3, 0.4) is 0 Å². The molecule has 0 saturated carbocycles. The van der Waals surface area contributed by atoms with E-state index in [4.69, 9.17) is 9.72 Å². The molecule has 4 aromatic rings. The zero-order valence-electron chi connectivity index (χ0n) is 17.0. The molecule has 0 amide bonds. The number of hydrogen-bond donors (Lipinski definition) is 2. The van der Waals surface area contributed by atoms with Gasteiger partial charge >= 0.3 is 0 Å². The van der Waals surface area contributed by atoms with Gasteiger partial charge in [-0.25, -0.2) is 4.39 Å². The number of piperazine rings is 1. The summed E-state index contributed by atoms with van der Waals surface area (Å²) < 4.78 is 18.5. The Morgan fingerprint density at radius 3 is 2.55 bits per heavy atom. The highest BCUT2D eigenvalue weighted by Crippen LogP contribution is 2.27. The highest BCUT2D eigenvalue weighted by Gasteiger charge is 2.21. The summed E-state index contributed by atoms with van der Waals surface area (Å²) in [6.45, 7) is 3.12. The molecule has 0 unspecified atom stereocenters. The average molecular weight is 419 g/mol. The van der Waals surface area contributed by atoms with Crippen LogP contribution < -0.4 is 19.9 Å². The van der Waals surface area contributed by atoms with Crippen LogP contribution in [-0.2, 0) is 0 Å². The summed E-state index contributed by atoms with van der Waals surface area (Å²) >= 11 is 0. The Balaban J connectivity index is 1.37. The Hall–Kier alpha value is -3.88. The first-order valence-electron chi connectivity index (χ1n) is 10.1. The van der Waals surface area contributed by atoms with Gasteiger partial charge in [-0.3, -0.25) is 5.10 Å². The molecule has 1 fully saturated rings. The number of rotatable bonds is 5. The Morgan fingerprint density at radius 2 is 1.77 bits per heavy atom. The minimum Gasteiger partial charge on any atom is -0.497 e. The average Bonchev–Trinajstić information content (AvgIpc) is 3.29. The van der Waals surface area contributed by atoms with E-state index < -0.39 is 0 Å². The van der Waals surface area contributed by atoms with E-state index in [2.05, 4.69) is 30.3 Å². The summed E-state index contributed by atoms with van der Waals surface area (Å²) in [6, 6.07) is 14.3. The number of anilines is 4. The molecule has 31 heavy (non-hydrogen) atoms. The molecule has 0 atom stereocenters. The standard InChI is InChI=1S/C22H22FN7O/c1-31-18-4-2-3-16(13-18)25-20-19-14-24-28-21(19)27-22(26-20)30-11-9-29(10-12-30)17-7-5-15(23)6-8-17/h2-8,13-14H,9-12H2,1H3,(H2,24,25,26,27,28). The third-order valence-electron chi connectivity index (χ3n) is 5.38. The van der Waals surface area contributed by atoms with Gasteiger partial charge in [0.05, 0.1) is 18.7 Å². The second-order valence-corrected chi connectivity index (χ2v) is 7.31. The van der Waals surface area contributed by atoms with Crippen molar-refractivity contribution in [2.45, 2.75) is 0 Å². The lowest BCUT2D eigenvalue weighted by Crippen LogP contribution is -2.47. The Bertz CT molecular complexity index is 1190. The van der Waals surface area contributed by atoms with Crippen LogP contribution in [0.4, 0.5) is 27.5 Å². The maximum Gasteiger partial charge on any atom is 0.229 e. The van der Waals surface area contributed by atoms with Gasteiger partial charge in [0.25, 0.3) is 0 Å². The smallest absolute Gasteiger partial charge is 0.229 e. The van der Waals surface area contributed by atoms with E-state index in [0.29, 0.717) is 17.4 Å². The Morgan fingerprint density at radius 1 is 1.00 bits per heavy atom. The quantitative estimate of drug-likeness (QED) is 0.512. The minimum atomic E-state index is -0.222. The van der Waals surface area contributed by atoms with Gasteiger partial charge in [0.15, 0.2) is 5.65 Å². The van der Waals surface area contributed by atoms with Gasteiger partial charge in [-0.05, 0) is 36.4 Å². The van der Waals surface area contributed by atoms with Crippen molar-refractivity contribution in [2.24, 2.45) is 0 Å². The molecule has 5 rings (SSSR count). The fourth-order valence-electron chi connectivity index (χ4n) is 3.71. The number of benzene rings is 2. The SMILES string of the molecule is COc1cccc(Nc2nc(N3CCN(c4ccc(F)cc4)CC3)nc3[nH]ncc23)c1. The van der Waals surface area contributed by atoms with Gasteiger partial charge in [0.1, 0.15) is 17.4 Å². The van der Waals surface area contributed by atoms with Crippen molar-refractivity contribution in [1.29, 1.82) is 0 Å². The number of nitrogens with one attached hydrogen (secondary N) is 2. The molecule has 1 saturated heterocycles. The third-order valence-corrected chi connectivity index (χ3v) is 5.38. The lowest BCUT2D eigenvalue weighted by atomic mass is 10.2. The highest BCUT2D eigenvalue weighted by molar-refractivity contribution is 5.89. The summed E-state index contributed by atoms with van der Waals surface area (Å²) in [5.41, 5.74) is 2.57. The van der Waals surface area contributed by atoms with E-state index in [1.54, 1.807) is 13.3 Å². The van der Waals surface area contributed by atoms with E-state index >= 15 is 0 Å². The molecule has 8 nitrogen and oxygen atoms in total. The van der Waals surface area contributed by atoms with Gasteiger partial charge in [0, 0.05) is 43.6 Å². The van der Waals surface area contributed by atoms with Gasteiger partial charge in [-0.2, -0.15) is 15.1 Å². The number of H-pyrrole nitrogens is 1. The van der Waals surface area contributed by atoms with Crippen LogP contribution >= 0.6 is 0 Å². The maximum absolute atomic E-state index is 13.2. The van der Waals surface area contributed by atoms with Crippen LogP contribution in [0.5, 0.6) is 5.75 Å². The number of fused-ring (bicyclic) bond motifs is 1. The van der Waals surface area contributed by atoms with Crippen molar-refractivity contribution in [3.8, 4) is 5.75 Å². The second-order valence-electron chi connectivity index (χ2n) is 7.31. The predicted molar refractivity (Wildman–Crippen MR) is 119 cm³/mol. The summed E-state index contributed by atoms with van der Waals surface area (Å²) in [5.74, 6) is 1.86. The molecule has 2 N–H and O–H groups in total. The van der Waals surface area contributed by atoms with Crippen LogP contribution in [0.25, 0.3) is 11.0 Å². The minimum absolute atomic E-state index is 0.222. The molecule has 2 aromatic carbocycles. The number of methoxy groups -OCH3 is 1. The van der Waals surface area contributed by atoms with E-state index in [0.717, 1.165) is 48.7 Å². The first-order valence-corrected chi connectivity index (χ1v) is 10.1. The predicted octanol–water partition coefficient (Wildman–Crippen LogP) is 3.57. The molecule has 1 aliphatic rings. The fraction of sp³-hybridized carbons (Fsp3) is 0.227. The van der Waals surface area contributed by atoms with Crippen LogP contribution in [0.15, 0.2) is 54.7 Å². The largest absolute Gasteiger partial charge is 0.497 e. The van der Waals surface area contributed by atoms with Crippen LogP contribution in [0.2, 0.25) is 0 Å². The van der Waals surface area contributed by atoms with Crippen molar-refractivity contribution in [1.82, 2.24) is 20.2 Å². The lowest BCUT2D eigenvalue weighted by Gasteiger charge is -2.36. The van der Waals surface area contributed by atoms with Gasteiger partial charge < -0.3 is 19.9 Å². The second kappa shape index (κ2) is 8.10. The highest BCUT2D eigenvalue weighted by atomic mass is 19.1. The van der Waals surface area contributed by atoms with Gasteiger partial charge in [0.2, 0.25) is 5.95 Å². The van der Waals surface area contributed by atoms with E-state index in [1.807, 2.05) is 36.4 Å². The number of aromatic amines is 1. The molecule has 3 heterocycles. The monoisotopic (exact) mass is 419 g/mol. The van der Waals surface area contributed by atoms with Gasteiger partial charge in [-0.1, -0.05) is 6.07 Å². The van der Waals surface area contributed by atoms with Gasteiger partial charge in [-0.15, -0.1) is 0 Å². The summed E-state index contributed by atoms with van der Waals surface area (Å²) in [5, 5.41) is 11.3. The Labute approximate surface area is 178 Å². The number of ether oxygens (including phenoxy) is 1. The number of nitrogens with zero attached hydrogens (tertiary/aromatic N) is 5. The zero-order chi connectivity index (χ0) is 21.2. The first-order chi connectivity index (χ1) is 15.2. The molecule has 2 aromatic heterocycles. The van der Waals surface area contributed by atoms with Crippen molar-refractivity contribution in [3.63, 3.8) is 0 Å². The lowest BCUT2D eigenvalue weighted by molar-refractivity contribution is 0.415. The van der Waals surface area contributed by atoms with Crippen molar-refractivity contribution < 1.29 is 9.13 Å². The Kier molecular flexibility index (Phi) is 4.99. The van der Waals surface area contributed by atoms with Crippen molar-refractivity contribution in [2.75, 3.05) is 48.4 Å². The maximum atomic E-state index is 13.2. The molecule has 1 aliphatic heterocycles. The first kappa shape index (κ1) is 19.1. The molecule has 0 radical (unpaired) electrons. The molecular formula is C22H22FN7O. The number of aromatic nitrogens is 4. The molecular weight excluding hydrogens is 397 g/mol.